The van der Waals surface area contributed by atoms with Gasteiger partial charge in [0.05, 0.1) is 30.4 Å². The molecule has 0 unspecified atom stereocenters. The minimum absolute atomic E-state index is 0.0818. The molecule has 1 heterocycles. The second-order valence-electron chi connectivity index (χ2n) is 6.36. The maximum Gasteiger partial charge on any atom is 0.271 e. The first-order valence-corrected chi connectivity index (χ1v) is 11.1. The zero-order valence-corrected chi connectivity index (χ0v) is 17.6. The number of sulfonamides is 1. The van der Waals surface area contributed by atoms with E-state index in [-0.39, 0.29) is 6.54 Å². The van der Waals surface area contributed by atoms with Crippen LogP contribution in [0.15, 0.2) is 78.0 Å². The highest BCUT2D eigenvalue weighted by atomic mass is 35.5. The summed E-state index contributed by atoms with van der Waals surface area (Å²) in [6.45, 7) is 0.0818. The van der Waals surface area contributed by atoms with Crippen LogP contribution in [0, 0.1) is 0 Å². The molecular formula is C21H19ClN4O3S. The fourth-order valence-electron chi connectivity index (χ4n) is 2.63. The van der Waals surface area contributed by atoms with Crippen LogP contribution in [0.1, 0.15) is 21.6 Å². The lowest BCUT2D eigenvalue weighted by Gasteiger charge is -2.23. The molecule has 0 aliphatic rings. The van der Waals surface area contributed by atoms with Crippen molar-refractivity contribution < 1.29 is 13.2 Å². The third kappa shape index (κ3) is 5.65. The van der Waals surface area contributed by atoms with Crippen LogP contribution in [-0.2, 0) is 16.6 Å². The van der Waals surface area contributed by atoms with Crippen molar-refractivity contribution in [3.8, 4) is 0 Å². The fourth-order valence-corrected chi connectivity index (χ4v) is 3.71. The van der Waals surface area contributed by atoms with Crippen LogP contribution in [0.25, 0.3) is 0 Å². The smallest absolute Gasteiger partial charge is 0.267 e. The summed E-state index contributed by atoms with van der Waals surface area (Å²) in [6.07, 6.45) is 4.18. The van der Waals surface area contributed by atoms with E-state index in [9.17, 15) is 13.2 Å². The first-order chi connectivity index (χ1) is 14.3. The molecule has 9 heteroatoms. The molecule has 3 aromatic rings. The summed E-state index contributed by atoms with van der Waals surface area (Å²) in [5, 5.41) is 4.35. The quantitative estimate of drug-likeness (QED) is 0.448. The van der Waals surface area contributed by atoms with Crippen LogP contribution >= 0.6 is 11.6 Å². The van der Waals surface area contributed by atoms with Crippen molar-refractivity contribution in [2.75, 3.05) is 10.6 Å². The molecule has 0 aliphatic heterocycles. The summed E-state index contributed by atoms with van der Waals surface area (Å²) in [4.78, 5) is 16.3. The molecule has 0 radical (unpaired) electrons. The van der Waals surface area contributed by atoms with E-state index in [2.05, 4.69) is 15.5 Å². The Morgan fingerprint density at radius 1 is 1.10 bits per heavy atom. The van der Waals surface area contributed by atoms with Gasteiger partial charge in [-0.2, -0.15) is 5.10 Å². The summed E-state index contributed by atoms with van der Waals surface area (Å²) in [6, 6.07) is 18.6. The monoisotopic (exact) mass is 442 g/mol. The number of carbonyl (C=O) groups excluding carboxylic acids is 1. The number of pyridine rings is 1. The minimum Gasteiger partial charge on any atom is -0.267 e. The molecule has 1 aromatic heterocycles. The highest BCUT2D eigenvalue weighted by molar-refractivity contribution is 7.92. The van der Waals surface area contributed by atoms with Gasteiger partial charge < -0.3 is 0 Å². The van der Waals surface area contributed by atoms with Crippen molar-refractivity contribution in [2.24, 2.45) is 5.10 Å². The fraction of sp³-hybridized carbons (Fsp3) is 0.0952. The second kappa shape index (κ2) is 9.51. The Labute approximate surface area is 180 Å². The SMILES string of the molecule is CS(=O)(=O)N(Cc1ccccc1Cl)c1ccc(C(=O)N/N=C\c2ccccn2)cc1. The number of carbonyl (C=O) groups is 1. The lowest BCUT2D eigenvalue weighted by molar-refractivity contribution is 0.0955. The van der Waals surface area contributed by atoms with E-state index in [1.54, 1.807) is 54.7 Å². The Kier molecular flexibility index (Phi) is 6.81. The van der Waals surface area contributed by atoms with E-state index in [4.69, 9.17) is 11.6 Å². The maximum absolute atomic E-state index is 12.3. The molecule has 0 atom stereocenters. The molecular weight excluding hydrogens is 424 g/mol. The number of rotatable bonds is 7. The van der Waals surface area contributed by atoms with Crippen molar-refractivity contribution >= 4 is 39.4 Å². The zero-order chi connectivity index (χ0) is 21.6. The lowest BCUT2D eigenvalue weighted by Crippen LogP contribution is -2.29. The van der Waals surface area contributed by atoms with E-state index >= 15 is 0 Å². The molecule has 2 aromatic carbocycles. The summed E-state index contributed by atoms with van der Waals surface area (Å²) in [5.74, 6) is -0.425. The van der Waals surface area contributed by atoms with Gasteiger partial charge in [0.15, 0.2) is 0 Å². The molecule has 30 heavy (non-hydrogen) atoms. The molecule has 0 bridgehead atoms. The largest absolute Gasteiger partial charge is 0.271 e. The topological polar surface area (TPSA) is 91.7 Å². The summed E-state index contributed by atoms with van der Waals surface area (Å²) >= 11 is 6.17. The average Bonchev–Trinajstić information content (AvgIpc) is 2.73. The van der Waals surface area contributed by atoms with Gasteiger partial charge in [0, 0.05) is 16.8 Å². The van der Waals surface area contributed by atoms with Gasteiger partial charge in [0.1, 0.15) is 0 Å². The lowest BCUT2D eigenvalue weighted by atomic mass is 10.2. The predicted molar refractivity (Wildman–Crippen MR) is 118 cm³/mol. The number of halogens is 1. The predicted octanol–water partition coefficient (Wildman–Crippen LogP) is 3.47. The third-order valence-electron chi connectivity index (χ3n) is 4.14. The molecule has 3 rings (SSSR count). The highest BCUT2D eigenvalue weighted by Crippen LogP contribution is 2.24. The van der Waals surface area contributed by atoms with Gasteiger partial charge in [0.25, 0.3) is 5.91 Å². The van der Waals surface area contributed by atoms with Gasteiger partial charge >= 0.3 is 0 Å². The Bertz CT molecular complexity index is 1150. The van der Waals surface area contributed by atoms with E-state index in [0.29, 0.717) is 27.5 Å². The summed E-state index contributed by atoms with van der Waals surface area (Å²) in [5.41, 5.74) is 4.46. The molecule has 154 valence electrons. The van der Waals surface area contributed by atoms with Crippen molar-refractivity contribution in [3.05, 3.63) is 94.8 Å². The van der Waals surface area contributed by atoms with Crippen molar-refractivity contribution in [1.82, 2.24) is 10.4 Å². The normalized spacial score (nSPS) is 11.4. The molecule has 0 fully saturated rings. The second-order valence-corrected chi connectivity index (χ2v) is 8.68. The standard InChI is InChI=1S/C21H19ClN4O3S/c1-30(28,29)26(15-17-6-2-3-8-20(17)22)19-11-9-16(10-12-19)21(27)25-24-14-18-7-4-5-13-23-18/h2-14H,15H2,1H3,(H,25,27)/b24-14-. The molecule has 0 aliphatic carbocycles. The van der Waals surface area contributed by atoms with E-state index < -0.39 is 15.9 Å². The van der Waals surface area contributed by atoms with Gasteiger partial charge in [-0.25, -0.2) is 13.8 Å². The van der Waals surface area contributed by atoms with Crippen molar-refractivity contribution in [3.63, 3.8) is 0 Å². The minimum atomic E-state index is -3.57. The third-order valence-corrected chi connectivity index (χ3v) is 5.65. The maximum atomic E-state index is 12.3. The number of amides is 1. The Morgan fingerprint density at radius 2 is 1.80 bits per heavy atom. The Hall–Kier alpha value is -3.23. The van der Waals surface area contributed by atoms with Crippen molar-refractivity contribution in [1.29, 1.82) is 0 Å². The Morgan fingerprint density at radius 3 is 2.43 bits per heavy atom. The number of nitrogens with zero attached hydrogens (tertiary/aromatic N) is 3. The average molecular weight is 443 g/mol. The van der Waals surface area contributed by atoms with Crippen LogP contribution in [0.3, 0.4) is 0 Å². The van der Waals surface area contributed by atoms with Gasteiger partial charge in [0.2, 0.25) is 10.0 Å². The van der Waals surface area contributed by atoms with Crippen LogP contribution in [0.4, 0.5) is 5.69 Å². The van der Waals surface area contributed by atoms with Crippen LogP contribution < -0.4 is 9.73 Å². The van der Waals surface area contributed by atoms with Gasteiger partial charge in [-0.1, -0.05) is 35.9 Å². The number of hydrogen-bond acceptors (Lipinski definition) is 5. The summed E-state index contributed by atoms with van der Waals surface area (Å²) < 4.78 is 25.9. The molecule has 7 nitrogen and oxygen atoms in total. The number of nitrogens with one attached hydrogen (secondary N) is 1. The van der Waals surface area contributed by atoms with E-state index in [1.807, 2.05) is 6.07 Å². The highest BCUT2D eigenvalue weighted by Gasteiger charge is 2.19. The van der Waals surface area contributed by atoms with Gasteiger partial charge in [-0.05, 0) is 48.0 Å². The molecule has 1 N–H and O–H groups in total. The number of aromatic nitrogens is 1. The van der Waals surface area contributed by atoms with E-state index in [1.165, 1.54) is 22.7 Å². The molecule has 0 saturated carbocycles. The summed E-state index contributed by atoms with van der Waals surface area (Å²) in [7, 11) is -3.57. The molecule has 1 amide bonds. The first-order valence-electron chi connectivity index (χ1n) is 8.90. The number of benzene rings is 2. The van der Waals surface area contributed by atoms with E-state index in [0.717, 1.165) is 6.26 Å². The number of anilines is 1. The van der Waals surface area contributed by atoms with Gasteiger partial charge in [-0.15, -0.1) is 0 Å². The van der Waals surface area contributed by atoms with Crippen LogP contribution in [0.5, 0.6) is 0 Å². The van der Waals surface area contributed by atoms with Crippen LogP contribution in [-0.4, -0.2) is 31.8 Å². The van der Waals surface area contributed by atoms with Crippen LogP contribution in [0.2, 0.25) is 5.02 Å². The zero-order valence-electron chi connectivity index (χ0n) is 16.1. The number of hydrazone groups is 1. The first kappa shape index (κ1) is 21.5. The molecule has 0 saturated heterocycles. The number of hydrogen-bond donors (Lipinski definition) is 1. The molecule has 0 spiro atoms. The van der Waals surface area contributed by atoms with Crippen molar-refractivity contribution in [2.45, 2.75) is 6.54 Å². The Balaban J connectivity index is 1.74. The van der Waals surface area contributed by atoms with Gasteiger partial charge in [-0.3, -0.25) is 14.1 Å².